The van der Waals surface area contributed by atoms with Crippen molar-refractivity contribution >= 4 is 17.2 Å². The van der Waals surface area contributed by atoms with Gasteiger partial charge in [0.1, 0.15) is 10.8 Å². The van der Waals surface area contributed by atoms with E-state index in [9.17, 15) is 4.79 Å². The predicted octanol–water partition coefficient (Wildman–Crippen LogP) is 3.21. The standard InChI is InChI=1S/C15H18N2O2S/c1-4-15(2,14-16-8-9-20-14)17-13(18)11-6-5-7-12(10-11)19-3/h5-10H,4H2,1-3H3,(H,17,18)/t15-/m1/s1. The number of carbonyl (C=O) groups excluding carboxylic acids is 1. The Labute approximate surface area is 122 Å². The molecule has 2 rings (SSSR count). The van der Waals surface area contributed by atoms with E-state index < -0.39 is 5.54 Å². The Bertz CT molecular complexity index is 583. The number of benzene rings is 1. The summed E-state index contributed by atoms with van der Waals surface area (Å²) >= 11 is 1.55. The molecule has 4 nitrogen and oxygen atoms in total. The number of thiazole rings is 1. The molecule has 106 valence electrons. The van der Waals surface area contributed by atoms with Gasteiger partial charge in [-0.3, -0.25) is 4.79 Å². The first-order valence-corrected chi connectivity index (χ1v) is 7.33. The van der Waals surface area contributed by atoms with Crippen LogP contribution in [0.5, 0.6) is 5.75 Å². The minimum atomic E-state index is -0.450. The number of hydrogen-bond acceptors (Lipinski definition) is 4. The van der Waals surface area contributed by atoms with Crippen LogP contribution in [0.1, 0.15) is 35.6 Å². The summed E-state index contributed by atoms with van der Waals surface area (Å²) in [4.78, 5) is 16.7. The van der Waals surface area contributed by atoms with Crippen molar-refractivity contribution in [2.45, 2.75) is 25.8 Å². The largest absolute Gasteiger partial charge is 0.497 e. The van der Waals surface area contributed by atoms with Crippen LogP contribution in [0.4, 0.5) is 0 Å². The molecule has 0 aliphatic rings. The van der Waals surface area contributed by atoms with Crippen molar-refractivity contribution in [3.05, 3.63) is 46.4 Å². The highest BCUT2D eigenvalue weighted by Crippen LogP contribution is 2.27. The maximum atomic E-state index is 12.4. The Kier molecular flexibility index (Phi) is 4.39. The Hall–Kier alpha value is -1.88. The van der Waals surface area contributed by atoms with Gasteiger partial charge in [-0.15, -0.1) is 11.3 Å². The summed E-state index contributed by atoms with van der Waals surface area (Å²) in [5, 5.41) is 5.90. The Morgan fingerprint density at radius 1 is 1.50 bits per heavy atom. The molecule has 1 heterocycles. The summed E-state index contributed by atoms with van der Waals surface area (Å²) in [7, 11) is 1.59. The van der Waals surface area contributed by atoms with E-state index in [1.165, 1.54) is 0 Å². The molecule has 1 aromatic heterocycles. The van der Waals surface area contributed by atoms with Crippen molar-refractivity contribution in [2.24, 2.45) is 0 Å². The minimum Gasteiger partial charge on any atom is -0.497 e. The fourth-order valence-electron chi connectivity index (χ4n) is 1.88. The van der Waals surface area contributed by atoms with Crippen LogP contribution < -0.4 is 10.1 Å². The Morgan fingerprint density at radius 2 is 2.30 bits per heavy atom. The molecule has 20 heavy (non-hydrogen) atoms. The molecule has 0 spiro atoms. The number of rotatable bonds is 5. The van der Waals surface area contributed by atoms with E-state index in [0.29, 0.717) is 11.3 Å². The first-order chi connectivity index (χ1) is 9.59. The van der Waals surface area contributed by atoms with E-state index in [0.717, 1.165) is 11.4 Å². The molecule has 0 aliphatic heterocycles. The second-order valence-corrected chi connectivity index (χ2v) is 5.60. The number of nitrogens with one attached hydrogen (secondary N) is 1. The first kappa shape index (κ1) is 14.5. The smallest absolute Gasteiger partial charge is 0.252 e. The second-order valence-electron chi connectivity index (χ2n) is 4.71. The summed E-state index contributed by atoms with van der Waals surface area (Å²) in [6.45, 7) is 4.02. The van der Waals surface area contributed by atoms with Gasteiger partial charge in [-0.25, -0.2) is 4.98 Å². The molecule has 0 saturated heterocycles. The van der Waals surface area contributed by atoms with Gasteiger partial charge in [0.05, 0.1) is 12.6 Å². The molecular formula is C15H18N2O2S. The molecule has 1 aromatic carbocycles. The second kappa shape index (κ2) is 6.05. The normalized spacial score (nSPS) is 13.6. The third-order valence-electron chi connectivity index (χ3n) is 3.33. The topological polar surface area (TPSA) is 51.2 Å². The van der Waals surface area contributed by atoms with Gasteiger partial charge in [-0.2, -0.15) is 0 Å². The summed E-state index contributed by atoms with van der Waals surface area (Å²) in [5.41, 5.74) is 0.134. The third kappa shape index (κ3) is 2.99. The zero-order valence-corrected chi connectivity index (χ0v) is 12.7. The molecule has 0 aliphatic carbocycles. The number of ether oxygens (including phenoxy) is 1. The maximum Gasteiger partial charge on any atom is 0.252 e. The van der Waals surface area contributed by atoms with Gasteiger partial charge in [0.15, 0.2) is 0 Å². The molecule has 0 bridgehead atoms. The molecule has 1 amide bonds. The van der Waals surface area contributed by atoms with Gasteiger partial charge in [-0.05, 0) is 31.5 Å². The highest BCUT2D eigenvalue weighted by molar-refractivity contribution is 7.09. The lowest BCUT2D eigenvalue weighted by Gasteiger charge is -2.27. The minimum absolute atomic E-state index is 0.122. The van der Waals surface area contributed by atoms with Crippen LogP contribution in [0.15, 0.2) is 35.8 Å². The summed E-state index contributed by atoms with van der Waals surface area (Å²) in [5.74, 6) is 0.550. The van der Waals surface area contributed by atoms with Gasteiger partial charge in [0, 0.05) is 17.1 Å². The maximum absolute atomic E-state index is 12.4. The molecule has 0 fully saturated rings. The number of methoxy groups -OCH3 is 1. The first-order valence-electron chi connectivity index (χ1n) is 6.45. The van der Waals surface area contributed by atoms with E-state index in [1.807, 2.05) is 25.3 Å². The average Bonchev–Trinajstić information content (AvgIpc) is 3.02. The fraction of sp³-hybridized carbons (Fsp3) is 0.333. The molecule has 0 radical (unpaired) electrons. The van der Waals surface area contributed by atoms with Crippen LogP contribution in [0.25, 0.3) is 0 Å². The van der Waals surface area contributed by atoms with E-state index in [4.69, 9.17) is 4.74 Å². The molecule has 0 unspecified atom stereocenters. The molecular weight excluding hydrogens is 272 g/mol. The summed E-state index contributed by atoms with van der Waals surface area (Å²) in [6, 6.07) is 7.13. The van der Waals surface area contributed by atoms with Crippen LogP contribution in [0.2, 0.25) is 0 Å². The lowest BCUT2D eigenvalue weighted by Crippen LogP contribution is -2.43. The van der Waals surface area contributed by atoms with Crippen LogP contribution in [-0.2, 0) is 5.54 Å². The van der Waals surface area contributed by atoms with Gasteiger partial charge < -0.3 is 10.1 Å². The molecule has 1 N–H and O–H groups in total. The van der Waals surface area contributed by atoms with Crippen molar-refractivity contribution in [2.75, 3.05) is 7.11 Å². The van der Waals surface area contributed by atoms with Crippen molar-refractivity contribution in [3.8, 4) is 5.75 Å². The third-order valence-corrected chi connectivity index (χ3v) is 4.37. The van der Waals surface area contributed by atoms with Crippen molar-refractivity contribution in [1.82, 2.24) is 10.3 Å². The number of amides is 1. The molecule has 2 aromatic rings. The number of hydrogen-bond donors (Lipinski definition) is 1. The number of nitrogens with zero attached hydrogens (tertiary/aromatic N) is 1. The molecule has 5 heteroatoms. The van der Waals surface area contributed by atoms with Gasteiger partial charge in [-0.1, -0.05) is 13.0 Å². The van der Waals surface area contributed by atoms with Crippen molar-refractivity contribution in [3.63, 3.8) is 0 Å². The Morgan fingerprint density at radius 3 is 2.90 bits per heavy atom. The SMILES string of the molecule is CC[C@@](C)(NC(=O)c1cccc(OC)c1)c1nccs1. The van der Waals surface area contributed by atoms with Gasteiger partial charge in [0.25, 0.3) is 5.91 Å². The van der Waals surface area contributed by atoms with E-state index in [-0.39, 0.29) is 5.91 Å². The fourth-order valence-corrected chi connectivity index (χ4v) is 2.70. The molecule has 0 saturated carbocycles. The quantitative estimate of drug-likeness (QED) is 0.920. The van der Waals surface area contributed by atoms with E-state index in [1.54, 1.807) is 42.8 Å². The lowest BCUT2D eigenvalue weighted by molar-refractivity contribution is 0.0901. The van der Waals surface area contributed by atoms with Gasteiger partial charge in [0.2, 0.25) is 0 Å². The van der Waals surface area contributed by atoms with E-state index in [2.05, 4.69) is 10.3 Å². The van der Waals surface area contributed by atoms with Crippen LogP contribution >= 0.6 is 11.3 Å². The number of aromatic nitrogens is 1. The summed E-state index contributed by atoms with van der Waals surface area (Å²) < 4.78 is 5.14. The predicted molar refractivity (Wildman–Crippen MR) is 80.2 cm³/mol. The lowest BCUT2D eigenvalue weighted by atomic mass is 9.99. The molecule has 1 atom stereocenters. The number of carbonyl (C=O) groups is 1. The zero-order valence-electron chi connectivity index (χ0n) is 11.8. The monoisotopic (exact) mass is 290 g/mol. The average molecular weight is 290 g/mol. The van der Waals surface area contributed by atoms with E-state index >= 15 is 0 Å². The Balaban J connectivity index is 2.21. The highest BCUT2D eigenvalue weighted by Gasteiger charge is 2.29. The van der Waals surface area contributed by atoms with Crippen molar-refractivity contribution in [1.29, 1.82) is 0 Å². The van der Waals surface area contributed by atoms with Crippen LogP contribution in [-0.4, -0.2) is 18.0 Å². The van der Waals surface area contributed by atoms with Crippen LogP contribution in [0.3, 0.4) is 0 Å². The summed E-state index contributed by atoms with van der Waals surface area (Å²) in [6.07, 6.45) is 2.53. The van der Waals surface area contributed by atoms with Gasteiger partial charge >= 0.3 is 0 Å². The zero-order chi connectivity index (χ0) is 14.6. The highest BCUT2D eigenvalue weighted by atomic mass is 32.1. The van der Waals surface area contributed by atoms with Crippen molar-refractivity contribution < 1.29 is 9.53 Å². The van der Waals surface area contributed by atoms with Crippen LogP contribution in [0, 0.1) is 0 Å².